The normalized spacial score (nSPS) is 27.7. The molecule has 1 saturated carbocycles. The Morgan fingerprint density at radius 3 is 2.54 bits per heavy atom. The van der Waals surface area contributed by atoms with Crippen LogP contribution in [0.1, 0.15) is 25.7 Å². The maximum atomic E-state index is 10.6. The highest BCUT2D eigenvalue weighted by Crippen LogP contribution is 2.28. The van der Waals surface area contributed by atoms with Gasteiger partial charge in [-0.3, -0.25) is 4.79 Å². The van der Waals surface area contributed by atoms with Crippen molar-refractivity contribution in [1.82, 2.24) is 0 Å². The third-order valence-electron chi connectivity index (χ3n) is 2.60. The molecule has 0 aromatic rings. The highest BCUT2D eigenvalue weighted by atomic mass is 16.4. The van der Waals surface area contributed by atoms with Crippen molar-refractivity contribution in [3.05, 3.63) is 10.4 Å². The van der Waals surface area contributed by atoms with Gasteiger partial charge in [0.05, 0.1) is 5.92 Å². The second kappa shape index (κ2) is 4.72. The molecular formula is C8H13N3O2. The minimum absolute atomic E-state index is 0.178. The van der Waals surface area contributed by atoms with Crippen molar-refractivity contribution in [3.63, 3.8) is 0 Å². The van der Waals surface area contributed by atoms with Gasteiger partial charge in [0, 0.05) is 11.5 Å². The van der Waals surface area contributed by atoms with Crippen LogP contribution in [0.25, 0.3) is 10.4 Å². The van der Waals surface area contributed by atoms with Crippen LogP contribution in [0.2, 0.25) is 0 Å². The minimum Gasteiger partial charge on any atom is -0.481 e. The van der Waals surface area contributed by atoms with Gasteiger partial charge in [-0.05, 0) is 37.1 Å². The quantitative estimate of drug-likeness (QED) is 0.413. The molecule has 1 rings (SSSR count). The Kier molecular flexibility index (Phi) is 3.58. The van der Waals surface area contributed by atoms with Gasteiger partial charge in [0.25, 0.3) is 0 Å². The number of rotatable bonds is 3. The van der Waals surface area contributed by atoms with E-state index in [0.717, 1.165) is 25.7 Å². The van der Waals surface area contributed by atoms with Crippen LogP contribution in [0.5, 0.6) is 0 Å². The number of hydrogen-bond acceptors (Lipinski definition) is 2. The molecule has 0 atom stereocenters. The number of carbonyl (C=O) groups is 1. The number of carboxylic acids is 1. The molecule has 5 heteroatoms. The van der Waals surface area contributed by atoms with E-state index in [-0.39, 0.29) is 5.92 Å². The number of aliphatic carboxylic acids is 1. The molecule has 0 saturated heterocycles. The summed E-state index contributed by atoms with van der Waals surface area (Å²) in [4.78, 5) is 13.3. The fourth-order valence-electron chi connectivity index (χ4n) is 1.74. The molecule has 0 aliphatic heterocycles. The largest absolute Gasteiger partial charge is 0.481 e. The zero-order valence-corrected chi connectivity index (χ0v) is 7.39. The van der Waals surface area contributed by atoms with E-state index in [4.69, 9.17) is 10.6 Å². The van der Waals surface area contributed by atoms with E-state index in [9.17, 15) is 4.79 Å². The molecule has 0 bridgehead atoms. The molecule has 0 amide bonds. The van der Waals surface area contributed by atoms with Gasteiger partial charge in [-0.2, -0.15) is 0 Å². The third kappa shape index (κ3) is 2.95. The van der Waals surface area contributed by atoms with E-state index < -0.39 is 5.97 Å². The SMILES string of the molecule is [N-]=[N+]=NCC1CCC(C(=O)O)CC1. The number of azide groups is 1. The summed E-state index contributed by atoms with van der Waals surface area (Å²) in [5, 5.41) is 12.2. The van der Waals surface area contributed by atoms with E-state index in [0.29, 0.717) is 12.5 Å². The van der Waals surface area contributed by atoms with Crippen LogP contribution in [0, 0.1) is 11.8 Å². The van der Waals surface area contributed by atoms with Crippen molar-refractivity contribution in [2.45, 2.75) is 25.7 Å². The smallest absolute Gasteiger partial charge is 0.306 e. The van der Waals surface area contributed by atoms with E-state index in [2.05, 4.69) is 10.0 Å². The second-order valence-corrected chi connectivity index (χ2v) is 3.47. The molecule has 0 spiro atoms. The molecule has 0 radical (unpaired) electrons. The van der Waals surface area contributed by atoms with Crippen molar-refractivity contribution < 1.29 is 9.90 Å². The molecule has 1 aliphatic carbocycles. The monoisotopic (exact) mass is 183 g/mol. The Morgan fingerprint density at radius 2 is 2.08 bits per heavy atom. The molecule has 1 aliphatic rings. The maximum absolute atomic E-state index is 10.6. The van der Waals surface area contributed by atoms with Crippen LogP contribution in [-0.4, -0.2) is 17.6 Å². The van der Waals surface area contributed by atoms with Crippen LogP contribution in [-0.2, 0) is 4.79 Å². The molecule has 5 nitrogen and oxygen atoms in total. The van der Waals surface area contributed by atoms with Gasteiger partial charge in [-0.15, -0.1) is 0 Å². The summed E-state index contributed by atoms with van der Waals surface area (Å²) < 4.78 is 0. The van der Waals surface area contributed by atoms with Gasteiger partial charge >= 0.3 is 5.97 Å². The molecule has 72 valence electrons. The summed E-state index contributed by atoms with van der Waals surface area (Å²) in [6.45, 7) is 0.517. The summed E-state index contributed by atoms with van der Waals surface area (Å²) in [6, 6.07) is 0. The topological polar surface area (TPSA) is 86.1 Å². The zero-order valence-electron chi connectivity index (χ0n) is 7.39. The van der Waals surface area contributed by atoms with Gasteiger partial charge in [0.1, 0.15) is 0 Å². The lowest BCUT2D eigenvalue weighted by Gasteiger charge is -2.24. The van der Waals surface area contributed by atoms with Gasteiger partial charge in [0.2, 0.25) is 0 Å². The Hall–Kier alpha value is -1.22. The van der Waals surface area contributed by atoms with Crippen molar-refractivity contribution in [3.8, 4) is 0 Å². The maximum Gasteiger partial charge on any atom is 0.306 e. The number of hydrogen-bond donors (Lipinski definition) is 1. The van der Waals surface area contributed by atoms with Crippen molar-refractivity contribution in [2.24, 2.45) is 17.0 Å². The molecule has 1 N–H and O–H groups in total. The van der Waals surface area contributed by atoms with Crippen LogP contribution < -0.4 is 0 Å². The summed E-state index contributed by atoms with van der Waals surface area (Å²) in [7, 11) is 0. The third-order valence-corrected chi connectivity index (χ3v) is 2.60. The van der Waals surface area contributed by atoms with Crippen LogP contribution in [0.15, 0.2) is 5.11 Å². The molecule has 13 heavy (non-hydrogen) atoms. The highest BCUT2D eigenvalue weighted by molar-refractivity contribution is 5.69. The molecule has 0 aromatic carbocycles. The average Bonchev–Trinajstić information content (AvgIpc) is 2.15. The molecular weight excluding hydrogens is 170 g/mol. The summed E-state index contributed by atoms with van der Waals surface area (Å²) in [6.07, 6.45) is 3.19. The predicted octanol–water partition coefficient (Wildman–Crippen LogP) is 2.19. The van der Waals surface area contributed by atoms with Crippen molar-refractivity contribution in [2.75, 3.05) is 6.54 Å². The van der Waals surface area contributed by atoms with E-state index in [1.807, 2.05) is 0 Å². The first-order valence-electron chi connectivity index (χ1n) is 4.47. The van der Waals surface area contributed by atoms with Crippen LogP contribution in [0.4, 0.5) is 0 Å². The van der Waals surface area contributed by atoms with E-state index >= 15 is 0 Å². The van der Waals surface area contributed by atoms with Crippen molar-refractivity contribution in [1.29, 1.82) is 0 Å². The first-order chi connectivity index (χ1) is 6.24. The predicted molar refractivity (Wildman–Crippen MR) is 47.1 cm³/mol. The first kappa shape index (κ1) is 9.86. The fourth-order valence-corrected chi connectivity index (χ4v) is 1.74. The average molecular weight is 183 g/mol. The van der Waals surface area contributed by atoms with E-state index in [1.165, 1.54) is 0 Å². The lowest BCUT2D eigenvalue weighted by atomic mass is 9.82. The fraction of sp³-hybridized carbons (Fsp3) is 0.875. The molecule has 0 heterocycles. The Balaban J connectivity index is 2.30. The number of carboxylic acid groups (broad SMARTS) is 1. The Bertz CT molecular complexity index is 228. The Morgan fingerprint density at radius 1 is 1.46 bits per heavy atom. The zero-order chi connectivity index (χ0) is 9.68. The van der Waals surface area contributed by atoms with Gasteiger partial charge in [-0.25, -0.2) is 0 Å². The standard InChI is InChI=1S/C8H13N3O2/c9-11-10-5-6-1-3-7(4-2-6)8(12)13/h6-7H,1-5H2,(H,12,13). The van der Waals surface area contributed by atoms with Gasteiger partial charge in [-0.1, -0.05) is 5.11 Å². The van der Waals surface area contributed by atoms with Crippen molar-refractivity contribution >= 4 is 5.97 Å². The van der Waals surface area contributed by atoms with Gasteiger partial charge in [0.15, 0.2) is 0 Å². The lowest BCUT2D eigenvalue weighted by molar-refractivity contribution is -0.143. The Labute approximate surface area is 76.4 Å². The minimum atomic E-state index is -0.692. The van der Waals surface area contributed by atoms with E-state index in [1.54, 1.807) is 0 Å². The molecule has 1 fully saturated rings. The summed E-state index contributed by atoms with van der Waals surface area (Å²) in [5.41, 5.74) is 8.10. The van der Waals surface area contributed by atoms with Crippen LogP contribution >= 0.6 is 0 Å². The summed E-state index contributed by atoms with van der Waals surface area (Å²) >= 11 is 0. The first-order valence-corrected chi connectivity index (χ1v) is 4.47. The highest BCUT2D eigenvalue weighted by Gasteiger charge is 2.25. The molecule has 0 unspecified atom stereocenters. The number of nitrogens with zero attached hydrogens (tertiary/aromatic N) is 3. The van der Waals surface area contributed by atoms with Crippen LogP contribution in [0.3, 0.4) is 0 Å². The second-order valence-electron chi connectivity index (χ2n) is 3.47. The lowest BCUT2D eigenvalue weighted by Crippen LogP contribution is -2.22. The molecule has 0 aromatic heterocycles. The van der Waals surface area contributed by atoms with Gasteiger partial charge < -0.3 is 5.11 Å². The summed E-state index contributed by atoms with van der Waals surface area (Å²) in [5.74, 6) is -0.476.